The summed E-state index contributed by atoms with van der Waals surface area (Å²) in [7, 11) is 0. The Hall–Kier alpha value is -3.54. The van der Waals surface area contributed by atoms with Gasteiger partial charge in [-0.1, -0.05) is 30.3 Å². The number of rotatable bonds is 5. The van der Waals surface area contributed by atoms with E-state index in [1.165, 1.54) is 4.90 Å². The number of halogens is 3. The van der Waals surface area contributed by atoms with E-state index < -0.39 is 47.6 Å². The number of carbonyl (C=O) groups excluding carboxylic acids is 2. The summed E-state index contributed by atoms with van der Waals surface area (Å²) in [5, 5.41) is 0. The van der Waals surface area contributed by atoms with E-state index in [1.807, 2.05) is 0 Å². The minimum absolute atomic E-state index is 0.0632. The molecule has 3 unspecified atom stereocenters. The van der Waals surface area contributed by atoms with E-state index in [1.54, 1.807) is 30.3 Å². The first kappa shape index (κ1) is 22.6. The molecule has 2 aliphatic rings. The Morgan fingerprint density at radius 3 is 2.48 bits per heavy atom. The van der Waals surface area contributed by atoms with Crippen molar-refractivity contribution in [2.75, 3.05) is 13.1 Å². The quantitative estimate of drug-likeness (QED) is 0.639. The van der Waals surface area contributed by atoms with Crippen LogP contribution < -0.4 is 4.74 Å². The molecule has 0 saturated carbocycles. The van der Waals surface area contributed by atoms with Gasteiger partial charge in [-0.05, 0) is 24.1 Å². The molecule has 0 bridgehead atoms. The van der Waals surface area contributed by atoms with Gasteiger partial charge in [-0.2, -0.15) is 0 Å². The molecule has 2 fully saturated rings. The zero-order valence-corrected chi connectivity index (χ0v) is 17.7. The maximum Gasteiger partial charge on any atom is 0.300 e. The Balaban J connectivity index is 1.52. The summed E-state index contributed by atoms with van der Waals surface area (Å²) in [5.41, 5.74) is 0.371. The SMILES string of the molecule is [C-]#[N+]C1CCCN1C(=O)C1CC(F)CN1C(=O)c1cc(F)c(OCc2ccccc2)c(F)c1. The van der Waals surface area contributed by atoms with E-state index in [2.05, 4.69) is 4.85 Å². The molecule has 2 aliphatic heterocycles. The van der Waals surface area contributed by atoms with Crippen LogP contribution in [0.3, 0.4) is 0 Å². The standard InChI is InChI=1S/C24H22F3N3O3/c1-28-21-8-5-9-29(21)24(32)20-12-17(25)13-30(20)23(31)16-10-18(26)22(19(27)11-16)33-14-15-6-3-2-4-7-15/h2-4,6-7,10-11,17,20-21H,5,8-9,12-14H2. The molecule has 0 N–H and O–H groups in total. The largest absolute Gasteiger partial charge is 0.483 e. The van der Waals surface area contributed by atoms with E-state index in [-0.39, 0.29) is 25.1 Å². The lowest BCUT2D eigenvalue weighted by molar-refractivity contribution is -0.135. The van der Waals surface area contributed by atoms with Crippen LogP contribution in [0.15, 0.2) is 42.5 Å². The van der Waals surface area contributed by atoms with E-state index in [0.29, 0.717) is 24.9 Å². The summed E-state index contributed by atoms with van der Waals surface area (Å²) in [6.07, 6.45) is -1.12. The van der Waals surface area contributed by atoms with Crippen molar-refractivity contribution >= 4 is 11.8 Å². The lowest BCUT2D eigenvalue weighted by Gasteiger charge is -2.27. The minimum atomic E-state index is -1.44. The number of nitrogens with zero attached hydrogens (tertiary/aromatic N) is 3. The third-order valence-corrected chi connectivity index (χ3v) is 5.92. The molecule has 2 aromatic carbocycles. The number of hydrogen-bond acceptors (Lipinski definition) is 3. The first-order valence-corrected chi connectivity index (χ1v) is 10.7. The van der Waals surface area contributed by atoms with Crippen molar-refractivity contribution in [1.82, 2.24) is 9.80 Å². The van der Waals surface area contributed by atoms with Crippen molar-refractivity contribution in [2.24, 2.45) is 0 Å². The fourth-order valence-electron chi connectivity index (χ4n) is 4.29. The van der Waals surface area contributed by atoms with Gasteiger partial charge in [0, 0.05) is 24.9 Å². The lowest BCUT2D eigenvalue weighted by Crippen LogP contribution is -2.48. The molecule has 4 rings (SSSR count). The highest BCUT2D eigenvalue weighted by molar-refractivity contribution is 5.98. The molecule has 0 aromatic heterocycles. The van der Waals surface area contributed by atoms with Gasteiger partial charge in [-0.25, -0.2) is 19.7 Å². The van der Waals surface area contributed by atoms with Gasteiger partial charge in [0.15, 0.2) is 17.4 Å². The van der Waals surface area contributed by atoms with Crippen molar-refractivity contribution in [3.63, 3.8) is 0 Å². The van der Waals surface area contributed by atoms with Gasteiger partial charge in [0.2, 0.25) is 0 Å². The number of amides is 2. The number of carbonyl (C=O) groups is 2. The summed E-state index contributed by atoms with van der Waals surface area (Å²) in [6.45, 7) is 7.18. The Labute approximate surface area is 189 Å². The molecule has 0 aliphatic carbocycles. The number of ether oxygens (including phenoxy) is 1. The zero-order valence-electron chi connectivity index (χ0n) is 17.7. The van der Waals surface area contributed by atoms with Gasteiger partial charge in [0.1, 0.15) is 18.8 Å². The highest BCUT2D eigenvalue weighted by Crippen LogP contribution is 2.30. The van der Waals surface area contributed by atoms with Crippen molar-refractivity contribution < 1.29 is 27.5 Å². The molecule has 2 aromatic rings. The van der Waals surface area contributed by atoms with E-state index in [0.717, 1.165) is 17.0 Å². The van der Waals surface area contributed by atoms with E-state index in [9.17, 15) is 22.8 Å². The highest BCUT2D eigenvalue weighted by Gasteiger charge is 2.45. The average molecular weight is 457 g/mol. The van der Waals surface area contributed by atoms with E-state index in [4.69, 9.17) is 11.3 Å². The topological polar surface area (TPSA) is 54.2 Å². The van der Waals surface area contributed by atoms with Crippen LogP contribution in [0.4, 0.5) is 13.2 Å². The van der Waals surface area contributed by atoms with Crippen molar-refractivity contribution in [3.05, 3.63) is 76.6 Å². The predicted octanol–water partition coefficient (Wildman–Crippen LogP) is 3.96. The smallest absolute Gasteiger partial charge is 0.300 e. The normalized spacial score (nSPS) is 22.3. The first-order chi connectivity index (χ1) is 15.9. The van der Waals surface area contributed by atoms with Crippen LogP contribution in [-0.4, -0.2) is 53.1 Å². The van der Waals surface area contributed by atoms with Gasteiger partial charge < -0.3 is 9.64 Å². The monoisotopic (exact) mass is 457 g/mol. The predicted molar refractivity (Wildman–Crippen MR) is 113 cm³/mol. The molecule has 2 amide bonds. The fourth-order valence-corrected chi connectivity index (χ4v) is 4.29. The second kappa shape index (κ2) is 9.53. The van der Waals surface area contributed by atoms with Crippen LogP contribution >= 0.6 is 0 Å². The summed E-state index contributed by atoms with van der Waals surface area (Å²) in [4.78, 5) is 31.8. The van der Waals surface area contributed by atoms with Crippen LogP contribution in [0.1, 0.15) is 35.2 Å². The van der Waals surface area contributed by atoms with E-state index >= 15 is 0 Å². The molecule has 3 atom stereocenters. The summed E-state index contributed by atoms with van der Waals surface area (Å²) in [5.74, 6) is -4.11. The van der Waals surface area contributed by atoms with Crippen molar-refractivity contribution in [2.45, 2.75) is 44.2 Å². The van der Waals surface area contributed by atoms with Crippen LogP contribution in [0.5, 0.6) is 5.75 Å². The minimum Gasteiger partial charge on any atom is -0.483 e. The van der Waals surface area contributed by atoms with Crippen LogP contribution in [0, 0.1) is 18.2 Å². The number of likely N-dealkylation sites (tertiary alicyclic amines) is 2. The maximum atomic E-state index is 14.6. The molecule has 0 spiro atoms. The van der Waals surface area contributed by atoms with Gasteiger partial charge in [-0.3, -0.25) is 19.3 Å². The third kappa shape index (κ3) is 4.65. The Kier molecular flexibility index (Phi) is 6.54. The summed E-state index contributed by atoms with van der Waals surface area (Å²) < 4.78 is 48.7. The lowest BCUT2D eigenvalue weighted by atomic mass is 10.1. The molecule has 2 heterocycles. The van der Waals surface area contributed by atoms with Crippen molar-refractivity contribution in [3.8, 4) is 5.75 Å². The first-order valence-electron chi connectivity index (χ1n) is 10.7. The van der Waals surface area contributed by atoms with Crippen LogP contribution in [0.25, 0.3) is 4.85 Å². The van der Waals surface area contributed by atoms with Gasteiger partial charge in [-0.15, -0.1) is 0 Å². The number of alkyl halides is 1. The Morgan fingerprint density at radius 1 is 1.12 bits per heavy atom. The summed E-state index contributed by atoms with van der Waals surface area (Å²) in [6, 6.07) is 9.36. The van der Waals surface area contributed by atoms with Gasteiger partial charge in [0.25, 0.3) is 11.8 Å². The van der Waals surface area contributed by atoms with Crippen LogP contribution in [-0.2, 0) is 11.4 Å². The Bertz CT molecular complexity index is 1070. The van der Waals surface area contributed by atoms with Crippen molar-refractivity contribution in [1.29, 1.82) is 0 Å². The molecule has 2 saturated heterocycles. The van der Waals surface area contributed by atoms with Crippen LogP contribution in [0.2, 0.25) is 0 Å². The second-order valence-corrected chi connectivity index (χ2v) is 8.13. The summed E-state index contributed by atoms with van der Waals surface area (Å²) >= 11 is 0. The highest BCUT2D eigenvalue weighted by atomic mass is 19.1. The second-order valence-electron chi connectivity index (χ2n) is 8.13. The zero-order chi connectivity index (χ0) is 23.5. The maximum absolute atomic E-state index is 14.6. The molecular formula is C24H22F3N3O3. The number of benzene rings is 2. The molecular weight excluding hydrogens is 435 g/mol. The van der Waals surface area contributed by atoms with Gasteiger partial charge >= 0.3 is 6.17 Å². The average Bonchev–Trinajstić information content (AvgIpc) is 3.44. The third-order valence-electron chi connectivity index (χ3n) is 5.92. The molecule has 33 heavy (non-hydrogen) atoms. The molecule has 6 nitrogen and oxygen atoms in total. The molecule has 172 valence electrons. The molecule has 0 radical (unpaired) electrons. The molecule has 9 heteroatoms. The van der Waals surface area contributed by atoms with Gasteiger partial charge in [0.05, 0.1) is 6.54 Å². The fraction of sp³-hybridized carbons (Fsp3) is 0.375. The Morgan fingerprint density at radius 2 is 1.82 bits per heavy atom. The number of hydrogen-bond donors (Lipinski definition) is 0.